The lowest BCUT2D eigenvalue weighted by Gasteiger charge is -2.42. The van der Waals surface area contributed by atoms with Gasteiger partial charge in [0.1, 0.15) is 42.7 Å². The van der Waals surface area contributed by atoms with E-state index >= 15 is 0 Å². The number of ether oxygens (including phenoxy) is 4. The van der Waals surface area contributed by atoms with Gasteiger partial charge < -0.3 is 80.4 Å². The summed E-state index contributed by atoms with van der Waals surface area (Å²) in [5, 5.41) is 59.3. The van der Waals surface area contributed by atoms with Crippen molar-refractivity contribution >= 4 is 47.2 Å². The summed E-state index contributed by atoms with van der Waals surface area (Å²) in [5.74, 6) is -6.60. The molecule has 5 amide bonds. The van der Waals surface area contributed by atoms with Crippen molar-refractivity contribution in [2.45, 2.75) is 167 Å². The van der Waals surface area contributed by atoms with Gasteiger partial charge in [0.05, 0.1) is 56.4 Å². The molecule has 0 saturated carbocycles. The fourth-order valence-electron chi connectivity index (χ4n) is 11.1. The second-order valence-corrected chi connectivity index (χ2v) is 22.3. The van der Waals surface area contributed by atoms with Gasteiger partial charge in [0.25, 0.3) is 5.91 Å². The van der Waals surface area contributed by atoms with Crippen molar-refractivity contribution < 1.29 is 82.5 Å². The fraction of sp³-hybridized carbons (Fsp3) is 0.661. The van der Waals surface area contributed by atoms with Gasteiger partial charge in [-0.05, 0) is 48.4 Å². The summed E-state index contributed by atoms with van der Waals surface area (Å²) < 4.78 is 23.2. The van der Waals surface area contributed by atoms with Crippen molar-refractivity contribution in [3.05, 3.63) is 59.7 Å². The zero-order valence-electron chi connectivity index (χ0n) is 47.9. The topological polar surface area (TPSA) is 326 Å². The Bertz CT molecular complexity index is 2380. The minimum atomic E-state index is -1.95. The number of nitrogens with one attached hydrogen (secondary N) is 3. The van der Waals surface area contributed by atoms with Gasteiger partial charge in [-0.2, -0.15) is 0 Å². The lowest BCUT2D eigenvalue weighted by Crippen LogP contribution is -2.63. The number of aliphatic hydroxyl groups is 3. The Hall–Kier alpha value is -5.79. The molecule has 2 fully saturated rings. The molecule has 0 spiro atoms. The van der Waals surface area contributed by atoms with Crippen LogP contribution in [0.2, 0.25) is 0 Å². The van der Waals surface area contributed by atoms with Crippen LogP contribution in [0.4, 0.5) is 5.69 Å². The van der Waals surface area contributed by atoms with E-state index in [-0.39, 0.29) is 66.0 Å². The number of likely N-dealkylation sites (N-methyl/N-ethyl adjacent to an activating group) is 2. The number of carboxylic acids is 2. The maximum absolute atomic E-state index is 14.9. The van der Waals surface area contributed by atoms with Gasteiger partial charge in [-0.15, -0.1) is 0 Å². The molecule has 0 radical (unpaired) electrons. The van der Waals surface area contributed by atoms with E-state index in [1.54, 1.807) is 60.2 Å². The molecule has 10 N–H and O–H groups in total. The minimum Gasteiger partial charge on any atom is -0.480 e. The Labute approximate surface area is 464 Å². The highest BCUT2D eigenvalue weighted by Gasteiger charge is 2.49. The smallest absolute Gasteiger partial charge is 0.335 e. The summed E-state index contributed by atoms with van der Waals surface area (Å²) in [6, 6.07) is 9.58. The molecule has 2 heterocycles. The molecule has 2 aromatic carbocycles. The molecule has 2 aromatic rings. The molecule has 79 heavy (non-hydrogen) atoms. The summed E-state index contributed by atoms with van der Waals surface area (Å²) >= 11 is 0. The Morgan fingerprint density at radius 3 is 2.08 bits per heavy atom. The highest BCUT2D eigenvalue weighted by atomic mass is 16.7. The third-order valence-corrected chi connectivity index (χ3v) is 15.4. The Morgan fingerprint density at radius 1 is 0.861 bits per heavy atom. The number of benzene rings is 2. The molecule has 0 bridgehead atoms. The number of nitrogens with two attached hydrogens (primary N) is 1. The van der Waals surface area contributed by atoms with Crippen LogP contribution in [0.15, 0.2) is 48.5 Å². The maximum Gasteiger partial charge on any atom is 0.335 e. The van der Waals surface area contributed by atoms with Gasteiger partial charge in [0.15, 0.2) is 12.1 Å². The SMILES string of the molecule is CC[C@H](C)[C@@H]([C@@H](CC(=O)N1CCC[C@H]1[C@H](OC)[C@@H](C)C(=O)N[C@@H](Cc1ccccc1)C(=O)O)OC)N(C)C(=O)[C@@H](NC(=O)[C@H](C(C)C)[N+](C)(C)Cc1ccc(O[C@@H]2O[C@H](C(=O)O)[C@@H](O)[C@H](O)[C@H]2O)c(NC(=O)CCN)c1)C(C)C. The number of carboxylic acid groups (broad SMARTS) is 2. The van der Waals surface area contributed by atoms with E-state index in [0.717, 1.165) is 5.56 Å². The van der Waals surface area contributed by atoms with Crippen molar-refractivity contribution in [3.63, 3.8) is 0 Å². The summed E-state index contributed by atoms with van der Waals surface area (Å²) in [4.78, 5) is 98.0. The summed E-state index contributed by atoms with van der Waals surface area (Å²) in [5.41, 5.74) is 7.09. The summed E-state index contributed by atoms with van der Waals surface area (Å²) in [6.45, 7) is 13.6. The van der Waals surface area contributed by atoms with Crippen LogP contribution in [0.3, 0.4) is 0 Å². The molecule has 14 atom stereocenters. The third kappa shape index (κ3) is 16.9. The van der Waals surface area contributed by atoms with Gasteiger partial charge >= 0.3 is 11.9 Å². The highest BCUT2D eigenvalue weighted by molar-refractivity contribution is 5.93. The molecule has 4 rings (SSSR count). The molecule has 23 nitrogen and oxygen atoms in total. The van der Waals surface area contributed by atoms with Crippen molar-refractivity contribution in [3.8, 4) is 5.75 Å². The largest absolute Gasteiger partial charge is 0.480 e. The van der Waals surface area contributed by atoms with Crippen LogP contribution in [0.25, 0.3) is 0 Å². The quantitative estimate of drug-likeness (QED) is 0.0524. The van der Waals surface area contributed by atoms with Crippen molar-refractivity contribution in [2.24, 2.45) is 29.4 Å². The van der Waals surface area contributed by atoms with Crippen molar-refractivity contribution in [1.29, 1.82) is 0 Å². The summed E-state index contributed by atoms with van der Waals surface area (Å²) in [7, 11) is 8.29. The monoisotopic (exact) mass is 1110 g/mol. The van der Waals surface area contributed by atoms with Gasteiger partial charge in [0.2, 0.25) is 29.9 Å². The zero-order valence-corrected chi connectivity index (χ0v) is 47.9. The Kier molecular flexibility index (Phi) is 24.6. The number of amides is 5. The van der Waals surface area contributed by atoms with E-state index in [0.29, 0.717) is 31.4 Å². The number of hydrogen-bond acceptors (Lipinski definition) is 15. The molecule has 0 aromatic heterocycles. The second-order valence-electron chi connectivity index (χ2n) is 22.3. The standard InChI is InChI=1S/C56H87N7O16/c1-13-32(6)44(40(76-11)28-42(65)62-25-17-20-38(62)49(77-12)33(7)51(69)59-37(54(72)73)26-34-18-15-14-16-19-34)61(8)53(71)43(30(2)3)60-52(70)45(31(4)5)63(9,10)29-35-21-22-39(36(27-35)58-41(64)23-24-57)78-56-48(68)46(66)47(67)50(79-56)55(74)75/h14-16,18-19,21-22,27,30-33,37-38,40,43-50,56,66-68H,13,17,20,23-26,28-29,57H2,1-12H3,(H4-,58,59,60,64,69,70,72,73,74,75)/p+1/t32-,33+,37-,38-,40+,43-,44-,45-,46-,47-,48+,49+,50-,56+/m0/s1. The Balaban J connectivity index is 1.54. The number of carbonyl (C=O) groups excluding carboxylic acids is 5. The lowest BCUT2D eigenvalue weighted by molar-refractivity contribution is -0.922. The first-order chi connectivity index (χ1) is 37.1. The number of aliphatic hydroxyl groups excluding tert-OH is 3. The number of anilines is 1. The van der Waals surface area contributed by atoms with Gasteiger partial charge in [0, 0.05) is 58.7 Å². The molecule has 0 aliphatic carbocycles. The number of nitrogens with zero attached hydrogens (tertiary/aromatic N) is 3. The van der Waals surface area contributed by atoms with Crippen LogP contribution in [0.1, 0.15) is 91.7 Å². The molecule has 2 aliphatic heterocycles. The van der Waals surface area contributed by atoms with Crippen LogP contribution < -0.4 is 26.4 Å². The van der Waals surface area contributed by atoms with Crippen molar-refractivity contribution in [1.82, 2.24) is 20.4 Å². The summed E-state index contributed by atoms with van der Waals surface area (Å²) in [6.07, 6.45) is -9.33. The van der Waals surface area contributed by atoms with E-state index < -0.39 is 121 Å². The lowest BCUT2D eigenvalue weighted by atomic mass is 9.89. The highest BCUT2D eigenvalue weighted by Crippen LogP contribution is 2.34. The van der Waals surface area contributed by atoms with Crippen LogP contribution in [-0.4, -0.2) is 203 Å². The van der Waals surface area contributed by atoms with Gasteiger partial charge in [-0.1, -0.05) is 85.2 Å². The average Bonchev–Trinajstić information content (AvgIpc) is 3.89. The van der Waals surface area contributed by atoms with Gasteiger partial charge in [-0.3, -0.25) is 24.0 Å². The molecule has 23 heteroatoms. The molecular weight excluding hydrogens is 1030 g/mol. The first-order valence-corrected chi connectivity index (χ1v) is 27.2. The minimum absolute atomic E-state index is 0.0157. The van der Waals surface area contributed by atoms with Crippen LogP contribution in [0.5, 0.6) is 5.75 Å². The number of quaternary nitrogens is 1. The van der Waals surface area contributed by atoms with Crippen LogP contribution >= 0.6 is 0 Å². The Morgan fingerprint density at radius 2 is 1.52 bits per heavy atom. The average molecular weight is 1120 g/mol. The third-order valence-electron chi connectivity index (χ3n) is 15.4. The number of methoxy groups -OCH3 is 2. The number of likely N-dealkylation sites (tertiary alicyclic amines) is 1. The second kappa shape index (κ2) is 29.6. The predicted octanol–water partition coefficient (Wildman–Crippen LogP) is 1.72. The first kappa shape index (κ1) is 65.7. The fourth-order valence-corrected chi connectivity index (χ4v) is 11.1. The molecule has 2 saturated heterocycles. The van der Waals surface area contributed by atoms with E-state index in [9.17, 15) is 59.1 Å². The van der Waals surface area contributed by atoms with E-state index in [1.807, 2.05) is 61.7 Å². The maximum atomic E-state index is 14.9. The van der Waals surface area contributed by atoms with Crippen LogP contribution in [-0.2, 0) is 60.7 Å². The zero-order chi connectivity index (χ0) is 59.2. The van der Waals surface area contributed by atoms with E-state index in [1.165, 1.54) is 20.3 Å². The van der Waals surface area contributed by atoms with Gasteiger partial charge in [-0.25, -0.2) is 9.59 Å². The van der Waals surface area contributed by atoms with Crippen LogP contribution in [0, 0.1) is 23.7 Å². The van der Waals surface area contributed by atoms with E-state index in [2.05, 4.69) is 16.0 Å². The predicted molar refractivity (Wildman–Crippen MR) is 291 cm³/mol. The number of aliphatic carboxylic acids is 2. The van der Waals surface area contributed by atoms with Crippen molar-refractivity contribution in [2.75, 3.05) is 53.8 Å². The molecule has 0 unspecified atom stereocenters. The number of rotatable bonds is 29. The first-order valence-electron chi connectivity index (χ1n) is 27.2. The number of hydrogen-bond donors (Lipinski definition) is 9. The molecule has 2 aliphatic rings. The number of carbonyl (C=O) groups is 7. The normalized spacial score (nSPS) is 22.6. The molecule has 442 valence electrons. The molecular formula is C56H88N7O16+. The van der Waals surface area contributed by atoms with E-state index in [4.69, 9.17) is 24.7 Å².